The molecule has 16 heteroatoms. The first-order valence-corrected chi connectivity index (χ1v) is 20.5. The SMILES string of the molecule is CC1(CO)COC2(CCC(Nc3ncc4cc(-c5ccccc5Cl)c(=O)[nH]c4n3)CC2)OC1.O=C1CCC(Nc2ncc3cc(-c4ccccc4Cl)c(=O)[nH]c3n2)CC1. The molecule has 5 heterocycles. The average Bonchev–Trinajstić information content (AvgIpc) is 3.24. The number of pyridine rings is 2. The molecule has 5 N–H and O–H groups in total. The van der Waals surface area contributed by atoms with Gasteiger partial charge in [0.15, 0.2) is 5.79 Å². The van der Waals surface area contributed by atoms with Gasteiger partial charge in [0.1, 0.15) is 17.1 Å². The monoisotopic (exact) mass is 838 g/mol. The average molecular weight is 840 g/mol. The van der Waals surface area contributed by atoms with Crippen LogP contribution < -0.4 is 21.8 Å². The number of H-pyrrole nitrogens is 2. The highest BCUT2D eigenvalue weighted by Gasteiger charge is 2.44. The maximum Gasteiger partial charge on any atom is 0.257 e. The summed E-state index contributed by atoms with van der Waals surface area (Å²) in [4.78, 5) is 59.9. The number of hydrogen-bond acceptors (Lipinski definition) is 12. The van der Waals surface area contributed by atoms with Crippen molar-refractivity contribution in [2.24, 2.45) is 5.41 Å². The molecular formula is C43H44Cl2N8O6. The van der Waals surface area contributed by atoms with Crippen molar-refractivity contribution in [2.75, 3.05) is 30.5 Å². The Morgan fingerprint density at radius 2 is 1.17 bits per heavy atom. The van der Waals surface area contributed by atoms with E-state index in [-0.39, 0.29) is 35.2 Å². The quantitative estimate of drug-likeness (QED) is 0.108. The summed E-state index contributed by atoms with van der Waals surface area (Å²) in [5, 5.41) is 18.6. The number of aromatic nitrogens is 6. The molecule has 1 saturated heterocycles. The molecule has 0 unspecified atom stereocenters. The number of carbonyl (C=O) groups is 1. The summed E-state index contributed by atoms with van der Waals surface area (Å²) in [5.74, 6) is 0.678. The van der Waals surface area contributed by atoms with Crippen LogP contribution >= 0.6 is 23.2 Å². The van der Waals surface area contributed by atoms with Crippen LogP contribution in [0.15, 0.2) is 82.6 Å². The van der Waals surface area contributed by atoms with Gasteiger partial charge >= 0.3 is 0 Å². The van der Waals surface area contributed by atoms with Crippen LogP contribution in [0, 0.1) is 5.41 Å². The highest BCUT2D eigenvalue weighted by molar-refractivity contribution is 6.33. The third kappa shape index (κ3) is 9.17. The molecule has 3 fully saturated rings. The van der Waals surface area contributed by atoms with Crippen molar-refractivity contribution in [2.45, 2.75) is 76.2 Å². The van der Waals surface area contributed by atoms with Gasteiger partial charge < -0.3 is 35.2 Å². The lowest BCUT2D eigenvalue weighted by Gasteiger charge is -2.47. The summed E-state index contributed by atoms with van der Waals surface area (Å²) in [7, 11) is 0. The predicted molar refractivity (Wildman–Crippen MR) is 228 cm³/mol. The Morgan fingerprint density at radius 3 is 1.63 bits per heavy atom. The number of carbonyl (C=O) groups excluding carboxylic acids is 1. The fraction of sp³-hybridized carbons (Fsp3) is 0.372. The molecule has 14 nitrogen and oxygen atoms in total. The standard InChI is InChI=1S/C24H27ClN4O4.C19H17ClN4O2/c1-23(12-30)13-32-24(33-14-23)8-6-16(7-9-24)27-22-26-11-15-10-18(21(31)28-20(15)29-22)17-4-2-3-5-19(17)25;20-16-4-2-1-3-14(16)15-9-11-10-21-19(24-17(11)23-18(15)26)22-12-5-7-13(25)8-6-12/h2-5,10-11,16,30H,6-9,12-14H2,1H3,(H2,26,27,28,29,31);1-4,9-10,12H,5-8H2,(H2,21,22,23,24,26). The van der Waals surface area contributed by atoms with Crippen molar-refractivity contribution in [3.8, 4) is 22.3 Å². The van der Waals surface area contributed by atoms with E-state index < -0.39 is 5.79 Å². The number of Topliss-reactive ketones (excluding diaryl/α,β-unsaturated/α-hetero) is 1. The zero-order valence-corrected chi connectivity index (χ0v) is 33.9. The van der Waals surface area contributed by atoms with Gasteiger partial charge in [0, 0.05) is 98.6 Å². The summed E-state index contributed by atoms with van der Waals surface area (Å²) in [5.41, 5.74) is 2.43. The van der Waals surface area contributed by atoms with Crippen LogP contribution in [0.25, 0.3) is 44.3 Å². The van der Waals surface area contributed by atoms with Crippen LogP contribution in [-0.4, -0.2) is 78.5 Å². The maximum absolute atomic E-state index is 12.7. The summed E-state index contributed by atoms with van der Waals surface area (Å²) in [6, 6.07) is 18.3. The van der Waals surface area contributed by atoms with E-state index in [1.165, 1.54) is 0 Å². The van der Waals surface area contributed by atoms with Crippen molar-refractivity contribution < 1.29 is 19.4 Å². The van der Waals surface area contributed by atoms with E-state index in [9.17, 15) is 19.5 Å². The van der Waals surface area contributed by atoms with Crippen LogP contribution in [0.2, 0.25) is 10.0 Å². The summed E-state index contributed by atoms with van der Waals surface area (Å²) in [6.07, 6.45) is 9.33. The molecule has 59 heavy (non-hydrogen) atoms. The number of ketones is 1. The Labute approximate surface area is 349 Å². The van der Waals surface area contributed by atoms with E-state index in [1.807, 2.05) is 37.3 Å². The van der Waals surface area contributed by atoms with Gasteiger partial charge in [-0.2, -0.15) is 9.97 Å². The molecule has 3 aliphatic rings. The van der Waals surface area contributed by atoms with Gasteiger partial charge in [-0.1, -0.05) is 66.5 Å². The van der Waals surface area contributed by atoms with E-state index in [0.29, 0.717) is 87.3 Å². The Morgan fingerprint density at radius 1 is 0.712 bits per heavy atom. The second kappa shape index (κ2) is 17.2. The topological polar surface area (TPSA) is 197 Å². The molecule has 0 bridgehead atoms. The van der Waals surface area contributed by atoms with Crippen LogP contribution in [0.1, 0.15) is 58.3 Å². The first-order chi connectivity index (χ1) is 28.5. The van der Waals surface area contributed by atoms with Crippen molar-refractivity contribution in [1.82, 2.24) is 29.9 Å². The zero-order chi connectivity index (χ0) is 41.1. The highest BCUT2D eigenvalue weighted by atomic mass is 35.5. The Hall–Kier alpha value is -5.25. The van der Waals surface area contributed by atoms with E-state index in [2.05, 4.69) is 40.5 Å². The lowest BCUT2D eigenvalue weighted by atomic mass is 9.86. The molecule has 1 spiro atoms. The number of rotatable bonds is 7. The Balaban J connectivity index is 0.000000169. The van der Waals surface area contributed by atoms with Crippen molar-refractivity contribution in [3.05, 3.63) is 104 Å². The minimum atomic E-state index is -0.558. The second-order valence-electron chi connectivity index (χ2n) is 15.8. The van der Waals surface area contributed by atoms with Gasteiger partial charge in [-0.15, -0.1) is 0 Å². The molecule has 0 amide bonds. The normalized spacial score (nSPS) is 22.2. The number of benzene rings is 2. The van der Waals surface area contributed by atoms with E-state index in [4.69, 9.17) is 32.7 Å². The Kier molecular flexibility index (Phi) is 11.8. The third-order valence-electron chi connectivity index (χ3n) is 11.2. The minimum Gasteiger partial charge on any atom is -0.396 e. The summed E-state index contributed by atoms with van der Waals surface area (Å²) < 4.78 is 12.1. The van der Waals surface area contributed by atoms with Crippen LogP contribution in [0.4, 0.5) is 11.9 Å². The molecule has 1 aliphatic heterocycles. The van der Waals surface area contributed by atoms with Crippen molar-refractivity contribution >= 4 is 62.9 Å². The molecule has 0 radical (unpaired) electrons. The van der Waals surface area contributed by atoms with Crippen molar-refractivity contribution in [3.63, 3.8) is 0 Å². The first-order valence-electron chi connectivity index (χ1n) is 19.7. The zero-order valence-electron chi connectivity index (χ0n) is 32.4. The minimum absolute atomic E-state index is 0.0501. The number of ether oxygens (including phenoxy) is 2. The first kappa shape index (κ1) is 40.5. The van der Waals surface area contributed by atoms with E-state index in [1.54, 1.807) is 42.7 Å². The van der Waals surface area contributed by atoms with Gasteiger partial charge in [0.05, 0.1) is 19.8 Å². The molecule has 0 atom stereocenters. The summed E-state index contributed by atoms with van der Waals surface area (Å²) in [6.45, 7) is 3.01. The van der Waals surface area contributed by atoms with E-state index >= 15 is 0 Å². The number of aromatic amines is 2. The van der Waals surface area contributed by atoms with Crippen LogP contribution in [-0.2, 0) is 14.3 Å². The number of aliphatic hydroxyl groups excluding tert-OH is 1. The smallest absolute Gasteiger partial charge is 0.257 e. The van der Waals surface area contributed by atoms with Gasteiger partial charge in [0.2, 0.25) is 11.9 Å². The molecule has 2 saturated carbocycles. The van der Waals surface area contributed by atoms with Gasteiger partial charge in [-0.3, -0.25) is 14.4 Å². The highest BCUT2D eigenvalue weighted by Crippen LogP contribution is 2.40. The van der Waals surface area contributed by atoms with E-state index in [0.717, 1.165) is 49.3 Å². The molecule has 4 aromatic heterocycles. The number of aliphatic hydroxyl groups is 1. The van der Waals surface area contributed by atoms with Crippen LogP contribution in [0.5, 0.6) is 0 Å². The molecule has 306 valence electrons. The summed E-state index contributed by atoms with van der Waals surface area (Å²) >= 11 is 12.5. The molecule has 2 aromatic carbocycles. The number of nitrogens with one attached hydrogen (secondary N) is 4. The van der Waals surface area contributed by atoms with Crippen molar-refractivity contribution in [1.29, 1.82) is 0 Å². The largest absolute Gasteiger partial charge is 0.396 e. The Bertz CT molecular complexity index is 2610. The third-order valence-corrected chi connectivity index (χ3v) is 11.9. The second-order valence-corrected chi connectivity index (χ2v) is 16.6. The molecular weight excluding hydrogens is 795 g/mol. The number of nitrogens with zero attached hydrogens (tertiary/aromatic N) is 4. The number of anilines is 2. The molecule has 9 rings (SSSR count). The number of halogens is 2. The lowest BCUT2D eigenvalue weighted by Crippen LogP contribution is -2.52. The van der Waals surface area contributed by atoms with Crippen LogP contribution in [0.3, 0.4) is 0 Å². The number of hydrogen-bond donors (Lipinski definition) is 5. The molecule has 2 aliphatic carbocycles. The fourth-order valence-corrected chi connectivity index (χ4v) is 8.09. The molecule has 6 aromatic rings. The maximum atomic E-state index is 12.7. The lowest BCUT2D eigenvalue weighted by molar-refractivity contribution is -0.316. The van der Waals surface area contributed by atoms with Gasteiger partial charge in [0.25, 0.3) is 11.1 Å². The van der Waals surface area contributed by atoms with Gasteiger partial charge in [-0.25, -0.2) is 9.97 Å². The van der Waals surface area contributed by atoms with Gasteiger partial charge in [-0.05, 0) is 49.9 Å². The number of fused-ring (bicyclic) bond motifs is 2. The predicted octanol–water partition coefficient (Wildman–Crippen LogP) is 7.30. The fourth-order valence-electron chi connectivity index (χ4n) is 7.61.